The number of hydrogen-bond acceptors (Lipinski definition) is 7. The molecule has 1 atom stereocenters. The molecule has 3 aromatic rings. The molecule has 1 heterocycles. The molecule has 0 bridgehead atoms. The molecule has 33 heavy (non-hydrogen) atoms. The van der Waals surface area contributed by atoms with Gasteiger partial charge in [-0.2, -0.15) is 5.10 Å². The Labute approximate surface area is 194 Å². The van der Waals surface area contributed by atoms with E-state index in [2.05, 4.69) is 10.5 Å². The Morgan fingerprint density at radius 2 is 1.82 bits per heavy atom. The Balaban J connectivity index is 1.38. The predicted molar refractivity (Wildman–Crippen MR) is 121 cm³/mol. The summed E-state index contributed by atoms with van der Waals surface area (Å²) in [4.78, 5) is 24.7. The highest BCUT2D eigenvalue weighted by Gasteiger charge is 2.27. The Morgan fingerprint density at radius 1 is 1.06 bits per heavy atom. The van der Waals surface area contributed by atoms with Crippen LogP contribution in [0, 0.1) is 0 Å². The molecule has 0 saturated heterocycles. The minimum Gasteiger partial charge on any atom is -0.493 e. The first-order valence-corrected chi connectivity index (χ1v) is 10.3. The van der Waals surface area contributed by atoms with Crippen molar-refractivity contribution < 1.29 is 28.5 Å². The number of halogens is 1. The lowest BCUT2D eigenvalue weighted by Gasteiger charge is -2.24. The highest BCUT2D eigenvalue weighted by molar-refractivity contribution is 6.33. The van der Waals surface area contributed by atoms with Crippen LogP contribution in [0.5, 0.6) is 23.0 Å². The van der Waals surface area contributed by atoms with Crippen molar-refractivity contribution in [2.45, 2.75) is 6.10 Å². The summed E-state index contributed by atoms with van der Waals surface area (Å²) in [6.45, 7) is 0.0810. The van der Waals surface area contributed by atoms with Gasteiger partial charge in [-0.05, 0) is 48.0 Å². The van der Waals surface area contributed by atoms with E-state index < -0.39 is 18.0 Å². The average molecular weight is 467 g/mol. The van der Waals surface area contributed by atoms with Gasteiger partial charge < -0.3 is 18.9 Å². The van der Waals surface area contributed by atoms with E-state index in [9.17, 15) is 9.59 Å². The summed E-state index contributed by atoms with van der Waals surface area (Å²) >= 11 is 6.05. The number of para-hydroxylation sites is 2. The van der Waals surface area contributed by atoms with Crippen molar-refractivity contribution >= 4 is 29.7 Å². The summed E-state index contributed by atoms with van der Waals surface area (Å²) in [5.74, 6) is 0.565. The van der Waals surface area contributed by atoms with Crippen LogP contribution in [0.3, 0.4) is 0 Å². The third-order valence-corrected chi connectivity index (χ3v) is 5.00. The topological polar surface area (TPSA) is 95.5 Å². The molecule has 168 valence electrons. The van der Waals surface area contributed by atoms with Gasteiger partial charge in [0.2, 0.25) is 6.10 Å². The number of nitrogens with one attached hydrogen (secondary N) is 1. The lowest BCUT2D eigenvalue weighted by Crippen LogP contribution is -2.42. The molecule has 0 fully saturated rings. The quantitative estimate of drug-likeness (QED) is 0.256. The molecular weight excluding hydrogens is 448 g/mol. The van der Waals surface area contributed by atoms with Gasteiger partial charge in [-0.1, -0.05) is 35.9 Å². The average Bonchev–Trinajstić information content (AvgIpc) is 2.84. The maximum atomic E-state index is 12.4. The molecular formula is C24H19ClN2O6. The van der Waals surface area contributed by atoms with Crippen molar-refractivity contribution in [2.24, 2.45) is 5.10 Å². The first kappa shape index (κ1) is 22.2. The van der Waals surface area contributed by atoms with Gasteiger partial charge in [-0.25, -0.2) is 10.2 Å². The second-order valence-corrected chi connectivity index (χ2v) is 7.29. The number of carbonyl (C=O) groups excluding carboxylic acids is 2. The van der Waals surface area contributed by atoms with Gasteiger partial charge in [0, 0.05) is 0 Å². The monoisotopic (exact) mass is 466 g/mol. The van der Waals surface area contributed by atoms with Crippen LogP contribution in [0.1, 0.15) is 15.9 Å². The molecule has 0 aromatic heterocycles. The number of hydrazone groups is 1. The molecule has 0 spiro atoms. The van der Waals surface area contributed by atoms with Gasteiger partial charge in [0.1, 0.15) is 6.61 Å². The van der Waals surface area contributed by atoms with Crippen LogP contribution in [-0.2, 0) is 4.79 Å². The van der Waals surface area contributed by atoms with Gasteiger partial charge in [0.25, 0.3) is 5.91 Å². The maximum Gasteiger partial charge on any atom is 0.345 e. The van der Waals surface area contributed by atoms with Crippen LogP contribution in [-0.4, -0.2) is 37.9 Å². The van der Waals surface area contributed by atoms with Gasteiger partial charge in [-0.3, -0.25) is 4.79 Å². The standard InChI is InChI=1S/C24H19ClN2O6/c1-30-21-12-15(10-11-20(21)33-24(29)16-6-2-3-7-17(16)25)13-26-27-23(28)22-14-31-18-8-4-5-9-19(18)32-22/h2-13,22H,14H2,1H3,(H,27,28)/b26-13+. The van der Waals surface area contributed by atoms with Crippen molar-refractivity contribution in [3.63, 3.8) is 0 Å². The van der Waals surface area contributed by atoms with Gasteiger partial charge in [0.15, 0.2) is 23.0 Å². The summed E-state index contributed by atoms with van der Waals surface area (Å²) in [5, 5.41) is 4.25. The van der Waals surface area contributed by atoms with Crippen molar-refractivity contribution in [1.82, 2.24) is 5.43 Å². The molecule has 0 saturated carbocycles. The van der Waals surface area contributed by atoms with Crippen molar-refractivity contribution in [2.75, 3.05) is 13.7 Å². The Bertz CT molecular complexity index is 1210. The smallest absolute Gasteiger partial charge is 0.345 e. The molecule has 9 heteroatoms. The number of fused-ring (bicyclic) bond motifs is 1. The van der Waals surface area contributed by atoms with Crippen LogP contribution in [0.2, 0.25) is 5.02 Å². The zero-order valence-corrected chi connectivity index (χ0v) is 18.2. The Kier molecular flexibility index (Phi) is 6.75. The number of nitrogens with zero attached hydrogens (tertiary/aromatic N) is 1. The second-order valence-electron chi connectivity index (χ2n) is 6.88. The molecule has 1 unspecified atom stereocenters. The number of benzene rings is 3. The van der Waals surface area contributed by atoms with Crippen LogP contribution >= 0.6 is 11.6 Å². The second kappa shape index (κ2) is 10.1. The molecule has 3 aromatic carbocycles. The van der Waals surface area contributed by atoms with Crippen LogP contribution < -0.4 is 24.4 Å². The van der Waals surface area contributed by atoms with Crippen LogP contribution in [0.4, 0.5) is 0 Å². The van der Waals surface area contributed by atoms with E-state index in [-0.39, 0.29) is 22.9 Å². The van der Waals surface area contributed by atoms with Crippen molar-refractivity contribution in [1.29, 1.82) is 0 Å². The zero-order chi connectivity index (χ0) is 23.2. The molecule has 1 amide bonds. The zero-order valence-electron chi connectivity index (χ0n) is 17.5. The van der Waals surface area contributed by atoms with Crippen molar-refractivity contribution in [3.8, 4) is 23.0 Å². The van der Waals surface area contributed by atoms with E-state index >= 15 is 0 Å². The largest absolute Gasteiger partial charge is 0.493 e. The fourth-order valence-electron chi connectivity index (χ4n) is 3.02. The SMILES string of the molecule is COc1cc(/C=N/NC(=O)C2COc3ccccc3O2)ccc1OC(=O)c1ccccc1Cl. The lowest BCUT2D eigenvalue weighted by molar-refractivity contribution is -0.130. The first-order valence-electron chi connectivity index (χ1n) is 9.91. The number of esters is 1. The first-order chi connectivity index (χ1) is 16.0. The molecule has 8 nitrogen and oxygen atoms in total. The van der Waals surface area contributed by atoms with E-state index in [0.29, 0.717) is 22.8 Å². The molecule has 1 aliphatic heterocycles. The maximum absolute atomic E-state index is 12.4. The minimum absolute atomic E-state index is 0.0810. The fraction of sp³-hybridized carbons (Fsp3) is 0.125. The predicted octanol–water partition coefficient (Wildman–Crippen LogP) is 3.86. The number of carbonyl (C=O) groups is 2. The number of methoxy groups -OCH3 is 1. The van der Waals surface area contributed by atoms with Gasteiger partial charge >= 0.3 is 5.97 Å². The molecule has 1 N–H and O–H groups in total. The van der Waals surface area contributed by atoms with Crippen LogP contribution in [0.15, 0.2) is 71.8 Å². The third kappa shape index (κ3) is 5.24. The molecule has 0 aliphatic carbocycles. The van der Waals surface area contributed by atoms with E-state index in [1.807, 2.05) is 6.07 Å². The Morgan fingerprint density at radius 3 is 2.61 bits per heavy atom. The summed E-state index contributed by atoms with van der Waals surface area (Å²) in [6, 6.07) is 18.5. The van der Waals surface area contributed by atoms with E-state index in [1.54, 1.807) is 60.7 Å². The third-order valence-electron chi connectivity index (χ3n) is 4.67. The number of rotatable bonds is 6. The van der Waals surface area contributed by atoms with Crippen LogP contribution in [0.25, 0.3) is 0 Å². The number of hydrogen-bond donors (Lipinski definition) is 1. The highest BCUT2D eigenvalue weighted by atomic mass is 35.5. The van der Waals surface area contributed by atoms with E-state index in [0.717, 1.165) is 0 Å². The van der Waals surface area contributed by atoms with Crippen molar-refractivity contribution in [3.05, 3.63) is 82.9 Å². The summed E-state index contributed by atoms with van der Waals surface area (Å²) < 4.78 is 21.9. The molecule has 4 rings (SSSR count). The van der Waals surface area contributed by atoms with E-state index in [1.165, 1.54) is 13.3 Å². The summed E-state index contributed by atoms with van der Waals surface area (Å²) in [5.41, 5.74) is 3.28. The van der Waals surface area contributed by atoms with Gasteiger partial charge in [0.05, 0.1) is 23.9 Å². The molecule has 0 radical (unpaired) electrons. The number of amides is 1. The van der Waals surface area contributed by atoms with E-state index in [4.69, 9.17) is 30.5 Å². The number of ether oxygens (including phenoxy) is 4. The van der Waals surface area contributed by atoms with Gasteiger partial charge in [-0.15, -0.1) is 0 Å². The minimum atomic E-state index is -0.821. The fourth-order valence-corrected chi connectivity index (χ4v) is 3.23. The lowest BCUT2D eigenvalue weighted by atomic mass is 10.2. The summed E-state index contributed by atoms with van der Waals surface area (Å²) in [6.07, 6.45) is 0.607. The normalized spacial score (nSPS) is 14.5. The summed E-state index contributed by atoms with van der Waals surface area (Å²) in [7, 11) is 1.45. The highest BCUT2D eigenvalue weighted by Crippen LogP contribution is 2.31. The Hall–Kier alpha value is -4.04. The molecule has 1 aliphatic rings.